The summed E-state index contributed by atoms with van der Waals surface area (Å²) in [4.78, 5) is 7.73. The molecule has 1 saturated heterocycles. The van der Waals surface area contributed by atoms with Gasteiger partial charge in [0.15, 0.2) is 5.96 Å². The maximum Gasteiger partial charge on any atom is 0.421 e. The van der Waals surface area contributed by atoms with Gasteiger partial charge in [0.1, 0.15) is 12.2 Å². The fourth-order valence-corrected chi connectivity index (χ4v) is 2.80. The van der Waals surface area contributed by atoms with Crippen molar-refractivity contribution in [3.05, 3.63) is 23.9 Å². The van der Waals surface area contributed by atoms with Crippen molar-refractivity contribution in [1.29, 1.82) is 0 Å². The second kappa shape index (κ2) is 14.6. The number of guanidine groups is 1. The van der Waals surface area contributed by atoms with Crippen LogP contribution in [-0.4, -0.2) is 64.1 Å². The zero-order chi connectivity index (χ0) is 21.0. The molecule has 0 unspecified atom stereocenters. The van der Waals surface area contributed by atoms with Crippen LogP contribution in [0.1, 0.15) is 24.8 Å². The molecule has 0 amide bonds. The molecule has 0 aromatic carbocycles. The van der Waals surface area contributed by atoms with Crippen molar-refractivity contribution in [2.75, 3.05) is 53.2 Å². The Morgan fingerprint density at radius 1 is 1.23 bits per heavy atom. The lowest BCUT2D eigenvalue weighted by Crippen LogP contribution is -2.40. The van der Waals surface area contributed by atoms with Crippen molar-refractivity contribution in [1.82, 2.24) is 15.6 Å². The highest BCUT2D eigenvalue weighted by atomic mass is 127. The number of aliphatic imine (C=N–C) groups is 1. The van der Waals surface area contributed by atoms with Crippen molar-refractivity contribution in [3.63, 3.8) is 0 Å². The van der Waals surface area contributed by atoms with Gasteiger partial charge in [-0.15, -0.1) is 24.0 Å². The SMILES string of the molecule is CN=C(NCCCOCC1CCOCC1)NCCOc1ncccc1C(F)(F)F.I. The van der Waals surface area contributed by atoms with E-state index < -0.39 is 17.6 Å². The highest BCUT2D eigenvalue weighted by Gasteiger charge is 2.34. The first-order chi connectivity index (χ1) is 14.0. The summed E-state index contributed by atoms with van der Waals surface area (Å²) >= 11 is 0. The number of ether oxygens (including phenoxy) is 3. The zero-order valence-corrected chi connectivity index (χ0v) is 19.4. The fraction of sp³-hybridized carbons (Fsp3) is 0.684. The van der Waals surface area contributed by atoms with Crippen LogP contribution in [0.25, 0.3) is 0 Å². The number of nitrogens with one attached hydrogen (secondary N) is 2. The smallest absolute Gasteiger partial charge is 0.421 e. The number of pyridine rings is 1. The summed E-state index contributed by atoms with van der Waals surface area (Å²) in [6.45, 7) is 4.04. The van der Waals surface area contributed by atoms with E-state index in [-0.39, 0.29) is 37.1 Å². The second-order valence-corrected chi connectivity index (χ2v) is 6.61. The molecule has 0 saturated carbocycles. The van der Waals surface area contributed by atoms with E-state index in [4.69, 9.17) is 14.2 Å². The van der Waals surface area contributed by atoms with Gasteiger partial charge in [0.05, 0.1) is 6.54 Å². The molecule has 2 heterocycles. The highest BCUT2D eigenvalue weighted by molar-refractivity contribution is 14.0. The minimum Gasteiger partial charge on any atom is -0.475 e. The summed E-state index contributed by atoms with van der Waals surface area (Å²) in [5.74, 6) is 0.713. The Balaban J connectivity index is 0.00000450. The molecule has 1 aromatic rings. The molecule has 0 aliphatic carbocycles. The first-order valence-electron chi connectivity index (χ1n) is 9.75. The van der Waals surface area contributed by atoms with E-state index in [2.05, 4.69) is 20.6 Å². The molecule has 172 valence electrons. The monoisotopic (exact) mass is 546 g/mol. The number of alkyl halides is 3. The molecule has 0 radical (unpaired) electrons. The van der Waals surface area contributed by atoms with Gasteiger partial charge in [-0.3, -0.25) is 4.99 Å². The largest absolute Gasteiger partial charge is 0.475 e. The van der Waals surface area contributed by atoms with Crippen LogP contribution in [0.15, 0.2) is 23.3 Å². The van der Waals surface area contributed by atoms with Crippen LogP contribution < -0.4 is 15.4 Å². The predicted octanol–water partition coefficient (Wildman–Crippen LogP) is 3.10. The number of aromatic nitrogens is 1. The van der Waals surface area contributed by atoms with Gasteiger partial charge in [-0.05, 0) is 37.3 Å². The lowest BCUT2D eigenvalue weighted by atomic mass is 10.0. The Morgan fingerprint density at radius 3 is 2.67 bits per heavy atom. The average molecular weight is 546 g/mol. The van der Waals surface area contributed by atoms with Gasteiger partial charge in [-0.2, -0.15) is 13.2 Å². The lowest BCUT2D eigenvalue weighted by Gasteiger charge is -2.21. The molecule has 1 aromatic heterocycles. The van der Waals surface area contributed by atoms with E-state index in [1.165, 1.54) is 12.3 Å². The molecule has 2 rings (SSSR count). The van der Waals surface area contributed by atoms with E-state index in [1.807, 2.05) is 0 Å². The summed E-state index contributed by atoms with van der Waals surface area (Å²) in [5.41, 5.74) is -0.886. The maximum absolute atomic E-state index is 12.9. The van der Waals surface area contributed by atoms with Crippen LogP contribution in [0.4, 0.5) is 13.2 Å². The van der Waals surface area contributed by atoms with Gasteiger partial charge < -0.3 is 24.8 Å². The Hall–Kier alpha value is -1.34. The summed E-state index contributed by atoms with van der Waals surface area (Å²) in [6.07, 6.45) is -0.299. The van der Waals surface area contributed by atoms with Gasteiger partial charge in [0.2, 0.25) is 5.88 Å². The molecular formula is C19H30F3IN4O3. The van der Waals surface area contributed by atoms with Crippen molar-refractivity contribution < 1.29 is 27.4 Å². The standard InChI is InChI=1S/C19H29F3N4O3.HI/c1-23-18(25-8-3-10-28-14-15-5-11-27-12-6-15)26-9-13-29-17-16(19(20,21)22)4-2-7-24-17;/h2,4,7,15H,3,5-6,8-14H2,1H3,(H2,23,25,26);1H. The molecule has 1 aliphatic heterocycles. The molecule has 0 bridgehead atoms. The van der Waals surface area contributed by atoms with Crippen molar-refractivity contribution in [2.45, 2.75) is 25.4 Å². The lowest BCUT2D eigenvalue weighted by molar-refractivity contribution is -0.139. The van der Waals surface area contributed by atoms with E-state index in [9.17, 15) is 13.2 Å². The third-order valence-electron chi connectivity index (χ3n) is 4.39. The van der Waals surface area contributed by atoms with E-state index in [1.54, 1.807) is 7.05 Å². The predicted molar refractivity (Wildman–Crippen MR) is 118 cm³/mol. The van der Waals surface area contributed by atoms with Crippen LogP contribution >= 0.6 is 24.0 Å². The molecular weight excluding hydrogens is 516 g/mol. The molecule has 1 aliphatic rings. The van der Waals surface area contributed by atoms with Gasteiger partial charge in [0.25, 0.3) is 0 Å². The van der Waals surface area contributed by atoms with Crippen LogP contribution in [0.5, 0.6) is 5.88 Å². The summed E-state index contributed by atoms with van der Waals surface area (Å²) < 4.78 is 54.9. The van der Waals surface area contributed by atoms with Crippen LogP contribution in [-0.2, 0) is 15.7 Å². The minimum absolute atomic E-state index is 0. The normalized spacial score (nSPS) is 15.4. The molecule has 30 heavy (non-hydrogen) atoms. The van der Waals surface area contributed by atoms with Crippen LogP contribution in [0.2, 0.25) is 0 Å². The highest BCUT2D eigenvalue weighted by Crippen LogP contribution is 2.34. The molecule has 0 atom stereocenters. The number of halogens is 4. The maximum atomic E-state index is 12.9. The number of nitrogens with zero attached hydrogens (tertiary/aromatic N) is 2. The minimum atomic E-state index is -4.50. The van der Waals surface area contributed by atoms with Crippen molar-refractivity contribution >= 4 is 29.9 Å². The van der Waals surface area contributed by atoms with E-state index >= 15 is 0 Å². The first-order valence-corrected chi connectivity index (χ1v) is 9.75. The summed E-state index contributed by atoms with van der Waals surface area (Å²) in [6, 6.07) is 2.17. The third kappa shape index (κ3) is 10.1. The molecule has 1 fully saturated rings. The van der Waals surface area contributed by atoms with E-state index in [0.29, 0.717) is 25.0 Å². The van der Waals surface area contributed by atoms with Crippen LogP contribution in [0.3, 0.4) is 0 Å². The zero-order valence-electron chi connectivity index (χ0n) is 17.0. The second-order valence-electron chi connectivity index (χ2n) is 6.61. The summed E-state index contributed by atoms with van der Waals surface area (Å²) in [7, 11) is 1.62. The quantitative estimate of drug-likeness (QED) is 0.204. The Morgan fingerprint density at radius 2 is 1.97 bits per heavy atom. The van der Waals surface area contributed by atoms with Crippen molar-refractivity contribution in [2.24, 2.45) is 10.9 Å². The Kier molecular flexibility index (Phi) is 13.0. The molecule has 7 nitrogen and oxygen atoms in total. The molecule has 0 spiro atoms. The Bertz CT molecular complexity index is 629. The van der Waals surface area contributed by atoms with Gasteiger partial charge in [-0.1, -0.05) is 0 Å². The van der Waals surface area contributed by atoms with Gasteiger partial charge >= 0.3 is 6.18 Å². The van der Waals surface area contributed by atoms with Crippen LogP contribution in [0, 0.1) is 5.92 Å². The third-order valence-corrected chi connectivity index (χ3v) is 4.39. The van der Waals surface area contributed by atoms with Gasteiger partial charge in [0, 0.05) is 46.2 Å². The number of hydrogen-bond donors (Lipinski definition) is 2. The number of hydrogen-bond acceptors (Lipinski definition) is 5. The van der Waals surface area contributed by atoms with Gasteiger partial charge in [-0.25, -0.2) is 4.98 Å². The first kappa shape index (κ1) is 26.7. The van der Waals surface area contributed by atoms with E-state index in [0.717, 1.165) is 45.1 Å². The Labute approximate surface area is 192 Å². The topological polar surface area (TPSA) is 77.0 Å². The fourth-order valence-electron chi connectivity index (χ4n) is 2.80. The molecule has 2 N–H and O–H groups in total. The average Bonchev–Trinajstić information content (AvgIpc) is 2.72. The number of rotatable bonds is 10. The van der Waals surface area contributed by atoms with Crippen molar-refractivity contribution in [3.8, 4) is 5.88 Å². The summed E-state index contributed by atoms with van der Waals surface area (Å²) in [5, 5.41) is 6.12. The molecule has 11 heteroatoms.